The Morgan fingerprint density at radius 1 is 1.03 bits per heavy atom. The van der Waals surface area contributed by atoms with E-state index in [-0.39, 0.29) is 17.5 Å². The minimum Gasteiger partial charge on any atom is -0.486 e. The molecule has 1 aliphatic heterocycles. The van der Waals surface area contributed by atoms with E-state index >= 15 is 0 Å². The van der Waals surface area contributed by atoms with Crippen molar-refractivity contribution in [1.82, 2.24) is 9.55 Å². The van der Waals surface area contributed by atoms with E-state index in [4.69, 9.17) is 14.2 Å². The van der Waals surface area contributed by atoms with Gasteiger partial charge in [-0.3, -0.25) is 9.59 Å². The summed E-state index contributed by atoms with van der Waals surface area (Å²) in [5, 5.41) is 0.555. The van der Waals surface area contributed by atoms with Gasteiger partial charge in [-0.25, -0.2) is 4.79 Å². The number of hydrogen-bond acceptors (Lipinski definition) is 6. The topological polar surface area (TPSA) is 99.6 Å². The van der Waals surface area contributed by atoms with Gasteiger partial charge in [-0.15, -0.1) is 0 Å². The number of aryl methyl sites for hydroxylation is 1. The number of H-pyrrole nitrogens is 1. The molecule has 0 saturated carbocycles. The van der Waals surface area contributed by atoms with Gasteiger partial charge in [-0.2, -0.15) is 0 Å². The minimum absolute atomic E-state index is 0.123. The first kappa shape index (κ1) is 22.5. The van der Waals surface area contributed by atoms with Crippen molar-refractivity contribution in [3.63, 3.8) is 0 Å². The first-order chi connectivity index (χ1) is 16.9. The number of carbonyl (C=O) groups excluding carboxylic acids is 2. The number of carbonyl (C=O) groups is 2. The van der Waals surface area contributed by atoms with Crippen LogP contribution in [0, 0.1) is 13.8 Å². The van der Waals surface area contributed by atoms with Gasteiger partial charge in [0.05, 0.1) is 12.1 Å². The van der Waals surface area contributed by atoms with Crippen LogP contribution in [-0.2, 0) is 11.3 Å². The molecule has 0 fully saturated rings. The summed E-state index contributed by atoms with van der Waals surface area (Å²) in [5.41, 5.74) is 2.36. The molecule has 0 unspecified atom stereocenters. The predicted octanol–water partition coefficient (Wildman–Crippen LogP) is 3.83. The summed E-state index contributed by atoms with van der Waals surface area (Å²) in [6, 6.07) is 17.4. The largest absolute Gasteiger partial charge is 0.486 e. The maximum absolute atomic E-state index is 12.9. The molecule has 2 aromatic carbocycles. The molecule has 0 amide bonds. The molecule has 1 aliphatic rings. The molecule has 0 bridgehead atoms. The number of aromatic amines is 1. The van der Waals surface area contributed by atoms with Crippen LogP contribution < -0.4 is 15.0 Å². The molecular weight excluding hydrogens is 448 g/mol. The first-order valence-electron chi connectivity index (χ1n) is 11.3. The molecule has 8 nitrogen and oxygen atoms in total. The Balaban J connectivity index is 1.28. The van der Waals surface area contributed by atoms with Crippen LogP contribution >= 0.6 is 0 Å². The lowest BCUT2D eigenvalue weighted by molar-refractivity contribution is 0.0476. The zero-order valence-corrected chi connectivity index (χ0v) is 19.4. The Morgan fingerprint density at radius 2 is 1.77 bits per heavy atom. The summed E-state index contributed by atoms with van der Waals surface area (Å²) in [6.07, 6.45) is -0.208. The number of ketones is 1. The van der Waals surface area contributed by atoms with E-state index in [0.717, 1.165) is 17.1 Å². The summed E-state index contributed by atoms with van der Waals surface area (Å²) < 4.78 is 19.2. The van der Waals surface area contributed by atoms with Crippen molar-refractivity contribution in [2.75, 3.05) is 13.2 Å². The molecule has 1 atom stereocenters. The highest BCUT2D eigenvalue weighted by Gasteiger charge is 2.24. The Morgan fingerprint density at radius 3 is 2.60 bits per heavy atom. The normalized spacial score (nSPS) is 14.6. The number of esters is 1. The van der Waals surface area contributed by atoms with E-state index in [1.54, 1.807) is 30.3 Å². The number of hydrogen-bond donors (Lipinski definition) is 1. The second-order valence-corrected chi connectivity index (χ2v) is 8.49. The van der Waals surface area contributed by atoms with Crippen LogP contribution in [0.4, 0.5) is 0 Å². The Kier molecular flexibility index (Phi) is 5.86. The average Bonchev–Trinajstić information content (AvgIpc) is 3.15. The molecule has 178 valence electrons. The molecule has 0 radical (unpaired) electrons. The van der Waals surface area contributed by atoms with Crippen molar-refractivity contribution in [1.29, 1.82) is 0 Å². The molecular formula is C27H24N2O6. The number of aromatic nitrogens is 2. The highest BCUT2D eigenvalue weighted by atomic mass is 16.6. The van der Waals surface area contributed by atoms with Crippen LogP contribution in [0.2, 0.25) is 0 Å². The monoisotopic (exact) mass is 472 g/mol. The second kappa shape index (κ2) is 9.13. The number of nitrogens with zero attached hydrogens (tertiary/aromatic N) is 1. The van der Waals surface area contributed by atoms with E-state index in [9.17, 15) is 14.4 Å². The molecule has 35 heavy (non-hydrogen) atoms. The van der Waals surface area contributed by atoms with Crippen molar-refractivity contribution in [3.05, 3.63) is 93.5 Å². The molecule has 2 aromatic heterocycles. The van der Waals surface area contributed by atoms with Gasteiger partial charge in [0.1, 0.15) is 6.61 Å². The van der Waals surface area contributed by atoms with Crippen LogP contribution in [0.15, 0.2) is 65.5 Å². The molecule has 0 saturated heterocycles. The van der Waals surface area contributed by atoms with Crippen molar-refractivity contribution < 1.29 is 23.8 Å². The van der Waals surface area contributed by atoms with Gasteiger partial charge < -0.3 is 23.8 Å². The van der Waals surface area contributed by atoms with Gasteiger partial charge in [0.15, 0.2) is 24.2 Å². The van der Waals surface area contributed by atoms with Crippen molar-refractivity contribution in [2.24, 2.45) is 0 Å². The SMILES string of the molecule is Cc1cc(C(=O)COC(=O)c2cc(=O)[nH]c3ccccc23)c(C)n1C[C@H]1COc2ccccc2O1. The number of pyridine rings is 1. The van der Waals surface area contributed by atoms with Crippen LogP contribution in [-0.4, -0.2) is 40.6 Å². The highest BCUT2D eigenvalue weighted by molar-refractivity contribution is 6.05. The van der Waals surface area contributed by atoms with Crippen molar-refractivity contribution >= 4 is 22.7 Å². The fourth-order valence-corrected chi connectivity index (χ4v) is 4.38. The smallest absolute Gasteiger partial charge is 0.339 e. The zero-order chi connectivity index (χ0) is 24.5. The van der Waals surface area contributed by atoms with Gasteiger partial charge in [-0.05, 0) is 38.1 Å². The summed E-state index contributed by atoms with van der Waals surface area (Å²) in [6.45, 7) is 4.25. The number of fused-ring (bicyclic) bond motifs is 2. The highest BCUT2D eigenvalue weighted by Crippen LogP contribution is 2.31. The lowest BCUT2D eigenvalue weighted by Gasteiger charge is -2.27. The fourth-order valence-electron chi connectivity index (χ4n) is 4.38. The number of rotatable bonds is 6. The van der Waals surface area contributed by atoms with Crippen molar-refractivity contribution in [3.8, 4) is 11.5 Å². The molecule has 0 spiro atoms. The van der Waals surface area contributed by atoms with Gasteiger partial charge in [0, 0.05) is 33.9 Å². The lowest BCUT2D eigenvalue weighted by Crippen LogP contribution is -2.33. The minimum atomic E-state index is -0.721. The fraction of sp³-hybridized carbons (Fsp3) is 0.222. The third-order valence-electron chi connectivity index (χ3n) is 6.13. The molecule has 5 rings (SSSR count). The standard InChI is InChI=1S/C27H24N2O6/c1-16-11-20(17(2)29(16)13-18-14-33-24-9-5-6-10-25(24)35-18)23(30)15-34-27(32)21-12-26(31)28-22-8-4-3-7-19(21)22/h3-12,18H,13-15H2,1-2H3,(H,28,31)/t18-/m0/s1. The number of para-hydroxylation sites is 3. The van der Waals surface area contributed by atoms with Crippen LogP contribution in [0.3, 0.4) is 0 Å². The number of ether oxygens (including phenoxy) is 3. The van der Waals surface area contributed by atoms with Crippen LogP contribution in [0.25, 0.3) is 10.9 Å². The van der Waals surface area contributed by atoms with Gasteiger partial charge in [0.2, 0.25) is 11.3 Å². The van der Waals surface area contributed by atoms with Crippen molar-refractivity contribution in [2.45, 2.75) is 26.5 Å². The molecule has 8 heteroatoms. The van der Waals surface area contributed by atoms with E-state index < -0.39 is 18.1 Å². The summed E-state index contributed by atoms with van der Waals surface area (Å²) in [5.74, 6) is 0.371. The van der Waals surface area contributed by atoms with E-state index in [0.29, 0.717) is 35.4 Å². The van der Waals surface area contributed by atoms with Crippen LogP contribution in [0.5, 0.6) is 11.5 Å². The Bertz CT molecular complexity index is 1500. The lowest BCUT2D eigenvalue weighted by atomic mass is 10.1. The first-order valence-corrected chi connectivity index (χ1v) is 11.3. The number of nitrogens with one attached hydrogen (secondary N) is 1. The van der Waals surface area contributed by atoms with E-state index in [1.165, 1.54) is 6.07 Å². The quantitative estimate of drug-likeness (QED) is 0.338. The van der Waals surface area contributed by atoms with E-state index in [2.05, 4.69) is 4.98 Å². The molecule has 4 aromatic rings. The van der Waals surface area contributed by atoms with E-state index in [1.807, 2.05) is 42.7 Å². The molecule has 1 N–H and O–H groups in total. The number of benzene rings is 2. The Hall–Kier alpha value is -4.33. The number of Topliss-reactive ketones (excluding diaryl/α,β-unsaturated/α-hetero) is 1. The third kappa shape index (κ3) is 4.42. The molecule has 0 aliphatic carbocycles. The molecule has 3 heterocycles. The van der Waals surface area contributed by atoms with Gasteiger partial charge in [-0.1, -0.05) is 30.3 Å². The summed E-state index contributed by atoms with van der Waals surface area (Å²) in [4.78, 5) is 40.3. The average molecular weight is 472 g/mol. The summed E-state index contributed by atoms with van der Waals surface area (Å²) in [7, 11) is 0. The maximum atomic E-state index is 12.9. The second-order valence-electron chi connectivity index (χ2n) is 8.49. The van der Waals surface area contributed by atoms with Crippen LogP contribution in [0.1, 0.15) is 32.1 Å². The maximum Gasteiger partial charge on any atom is 0.339 e. The Labute approximate surface area is 201 Å². The summed E-state index contributed by atoms with van der Waals surface area (Å²) >= 11 is 0. The third-order valence-corrected chi connectivity index (χ3v) is 6.13. The van der Waals surface area contributed by atoms with Gasteiger partial charge >= 0.3 is 5.97 Å². The predicted molar refractivity (Wildman–Crippen MR) is 129 cm³/mol. The van der Waals surface area contributed by atoms with Gasteiger partial charge in [0.25, 0.3) is 0 Å². The zero-order valence-electron chi connectivity index (χ0n) is 19.4.